The molecule has 2 heterocycles. The zero-order valence-electron chi connectivity index (χ0n) is 23.8. The van der Waals surface area contributed by atoms with Crippen LogP contribution in [0.2, 0.25) is 0 Å². The van der Waals surface area contributed by atoms with Gasteiger partial charge < -0.3 is 0 Å². The van der Waals surface area contributed by atoms with Gasteiger partial charge in [-0.2, -0.15) is 0 Å². The average molecular weight is 545 g/mol. The number of aryl methyl sites for hydroxylation is 2. The van der Waals surface area contributed by atoms with Gasteiger partial charge in [-0.05, 0) is 73.4 Å². The summed E-state index contributed by atoms with van der Waals surface area (Å²) in [6.45, 7) is 13.3. The lowest BCUT2D eigenvalue weighted by atomic mass is 9.91. The molecule has 0 N–H and O–H groups in total. The fourth-order valence-electron chi connectivity index (χ4n) is 5.36. The Balaban J connectivity index is 1.87. The van der Waals surface area contributed by atoms with Gasteiger partial charge in [0, 0.05) is 30.6 Å². The predicted molar refractivity (Wildman–Crippen MR) is 161 cm³/mol. The van der Waals surface area contributed by atoms with Crippen LogP contribution in [0.4, 0.5) is 8.78 Å². The fourth-order valence-corrected chi connectivity index (χ4v) is 7.58. The van der Waals surface area contributed by atoms with Crippen molar-refractivity contribution in [2.75, 3.05) is 0 Å². The van der Waals surface area contributed by atoms with Gasteiger partial charge in [-0.25, -0.2) is 8.78 Å². The molecular weight excluding hydrogens is 498 g/mol. The van der Waals surface area contributed by atoms with E-state index in [9.17, 15) is 0 Å². The molecule has 204 valence electrons. The summed E-state index contributed by atoms with van der Waals surface area (Å²) in [5.74, 6) is 0.652. The van der Waals surface area contributed by atoms with Crippen molar-refractivity contribution < 1.29 is 8.78 Å². The Morgan fingerprint density at radius 2 is 1.16 bits per heavy atom. The van der Waals surface area contributed by atoms with Crippen molar-refractivity contribution in [1.82, 2.24) is 0 Å². The number of rotatable bonds is 15. The summed E-state index contributed by atoms with van der Waals surface area (Å²) in [4.78, 5) is 4.22. The number of hydrogen-bond acceptors (Lipinski definition) is 2. The van der Waals surface area contributed by atoms with Gasteiger partial charge in [-0.3, -0.25) is 0 Å². The average Bonchev–Trinajstić information content (AvgIpc) is 3.47. The summed E-state index contributed by atoms with van der Waals surface area (Å²) in [5.41, 5.74) is 3.39. The SMILES string of the molecule is CCCCC(CC)Cc1cc(-c2cc(F)c(-c3cc(CC(CC)CCCC)c(CC)s3)cc2F)sc1C. The van der Waals surface area contributed by atoms with Crippen LogP contribution >= 0.6 is 22.7 Å². The molecular formula is C33H46F2S2. The van der Waals surface area contributed by atoms with E-state index in [-0.39, 0.29) is 11.6 Å². The van der Waals surface area contributed by atoms with Gasteiger partial charge in [-0.1, -0.05) is 86.0 Å². The molecule has 0 radical (unpaired) electrons. The Bertz CT molecular complexity index is 1120. The first-order valence-electron chi connectivity index (χ1n) is 14.5. The molecule has 2 atom stereocenters. The maximum absolute atomic E-state index is 15.5. The van der Waals surface area contributed by atoms with Crippen LogP contribution in [0, 0.1) is 30.4 Å². The Morgan fingerprint density at radius 1 is 0.676 bits per heavy atom. The largest absolute Gasteiger partial charge is 0.206 e. The minimum atomic E-state index is -0.329. The third-order valence-electron chi connectivity index (χ3n) is 7.93. The van der Waals surface area contributed by atoms with Gasteiger partial charge in [0.05, 0.1) is 0 Å². The first-order valence-corrected chi connectivity index (χ1v) is 16.2. The maximum atomic E-state index is 15.5. The van der Waals surface area contributed by atoms with E-state index in [0.29, 0.717) is 23.0 Å². The van der Waals surface area contributed by atoms with Crippen molar-refractivity contribution in [1.29, 1.82) is 0 Å². The van der Waals surface area contributed by atoms with Crippen molar-refractivity contribution in [3.8, 4) is 20.9 Å². The first kappa shape index (κ1) is 30.0. The summed E-state index contributed by atoms with van der Waals surface area (Å²) >= 11 is 3.22. The van der Waals surface area contributed by atoms with Crippen LogP contribution in [-0.4, -0.2) is 0 Å². The Morgan fingerprint density at radius 3 is 1.65 bits per heavy atom. The highest BCUT2D eigenvalue weighted by Gasteiger charge is 2.20. The van der Waals surface area contributed by atoms with Crippen molar-refractivity contribution >= 4 is 22.7 Å². The van der Waals surface area contributed by atoms with Crippen molar-refractivity contribution in [3.63, 3.8) is 0 Å². The minimum absolute atomic E-state index is 0.327. The molecule has 0 aliphatic rings. The molecule has 0 spiro atoms. The van der Waals surface area contributed by atoms with Crippen LogP contribution in [0.1, 0.15) is 107 Å². The monoisotopic (exact) mass is 544 g/mol. The van der Waals surface area contributed by atoms with E-state index in [4.69, 9.17) is 0 Å². The number of hydrogen-bond donors (Lipinski definition) is 0. The van der Waals surface area contributed by atoms with Crippen LogP contribution in [-0.2, 0) is 19.3 Å². The second kappa shape index (κ2) is 14.6. The van der Waals surface area contributed by atoms with Gasteiger partial charge in [0.15, 0.2) is 0 Å². The van der Waals surface area contributed by atoms with E-state index >= 15 is 8.78 Å². The molecule has 0 amide bonds. The molecule has 0 fully saturated rings. The Kier molecular flexibility index (Phi) is 11.8. The molecule has 37 heavy (non-hydrogen) atoms. The van der Waals surface area contributed by atoms with Crippen LogP contribution in [0.3, 0.4) is 0 Å². The summed E-state index contributed by atoms with van der Waals surface area (Å²) in [5, 5.41) is 0. The van der Waals surface area contributed by atoms with Crippen LogP contribution in [0.5, 0.6) is 0 Å². The number of unbranched alkanes of at least 4 members (excludes halogenated alkanes) is 2. The van der Waals surface area contributed by atoms with E-state index in [1.807, 2.05) is 0 Å². The zero-order valence-corrected chi connectivity index (χ0v) is 25.4. The highest BCUT2D eigenvalue weighted by atomic mass is 32.1. The van der Waals surface area contributed by atoms with E-state index < -0.39 is 0 Å². The normalized spacial score (nSPS) is 13.3. The summed E-state index contributed by atoms with van der Waals surface area (Å²) in [7, 11) is 0. The maximum Gasteiger partial charge on any atom is 0.132 e. The van der Waals surface area contributed by atoms with Crippen molar-refractivity contribution in [2.45, 2.75) is 112 Å². The van der Waals surface area contributed by atoms with Crippen molar-refractivity contribution in [3.05, 3.63) is 56.8 Å². The second-order valence-corrected chi connectivity index (χ2v) is 13.1. The summed E-state index contributed by atoms with van der Waals surface area (Å²) < 4.78 is 31.0. The molecule has 3 aromatic rings. The summed E-state index contributed by atoms with van der Waals surface area (Å²) in [6.07, 6.45) is 12.7. The second-order valence-electron chi connectivity index (χ2n) is 10.7. The van der Waals surface area contributed by atoms with E-state index in [1.165, 1.54) is 71.5 Å². The lowest BCUT2D eigenvalue weighted by molar-refractivity contribution is 0.448. The van der Waals surface area contributed by atoms with E-state index in [0.717, 1.165) is 41.9 Å². The molecule has 2 aromatic heterocycles. The lowest BCUT2D eigenvalue weighted by Crippen LogP contribution is -2.04. The minimum Gasteiger partial charge on any atom is -0.206 e. The van der Waals surface area contributed by atoms with Gasteiger partial charge in [-0.15, -0.1) is 22.7 Å². The highest BCUT2D eigenvalue weighted by Crippen LogP contribution is 2.40. The smallest absolute Gasteiger partial charge is 0.132 e. The summed E-state index contributed by atoms with van der Waals surface area (Å²) in [6, 6.07) is 7.09. The topological polar surface area (TPSA) is 0 Å². The van der Waals surface area contributed by atoms with Crippen LogP contribution < -0.4 is 0 Å². The molecule has 4 heteroatoms. The molecule has 1 aromatic carbocycles. The molecule has 0 aliphatic heterocycles. The predicted octanol–water partition coefficient (Wildman–Crippen LogP) is 11.8. The van der Waals surface area contributed by atoms with Gasteiger partial charge in [0.1, 0.15) is 11.6 Å². The Labute approximate surface area is 232 Å². The highest BCUT2D eigenvalue weighted by molar-refractivity contribution is 7.16. The van der Waals surface area contributed by atoms with Crippen LogP contribution in [0.25, 0.3) is 20.9 Å². The lowest BCUT2D eigenvalue weighted by Gasteiger charge is -2.14. The third kappa shape index (κ3) is 7.76. The molecule has 0 saturated heterocycles. The van der Waals surface area contributed by atoms with E-state index in [2.05, 4.69) is 53.7 Å². The van der Waals surface area contributed by atoms with Gasteiger partial charge in [0.25, 0.3) is 0 Å². The molecule has 0 nitrogen and oxygen atoms in total. The standard InChI is InChI=1S/C33H46F2S2/c1-7-12-14-23(9-3)16-25-18-32(36-22(25)6)27-20-30(35)28(21-29(27)34)33-19-26(31(11-5)37-33)17-24(10-4)15-13-8-2/h18-21,23-24H,7-17H2,1-6H3. The quantitative estimate of drug-likeness (QED) is 0.178. The molecule has 0 bridgehead atoms. The first-order chi connectivity index (χ1) is 17.8. The number of thiophene rings is 2. The van der Waals surface area contributed by atoms with Gasteiger partial charge >= 0.3 is 0 Å². The molecule has 2 unspecified atom stereocenters. The molecule has 0 aliphatic carbocycles. The van der Waals surface area contributed by atoms with Crippen molar-refractivity contribution in [2.24, 2.45) is 11.8 Å². The number of halogens is 2. The van der Waals surface area contributed by atoms with Gasteiger partial charge in [0.2, 0.25) is 0 Å². The molecule has 0 saturated carbocycles. The number of benzene rings is 1. The molecule has 3 rings (SSSR count). The third-order valence-corrected chi connectivity index (χ3v) is 10.4. The zero-order chi connectivity index (χ0) is 26.9. The fraction of sp³-hybridized carbons (Fsp3) is 0.576. The van der Waals surface area contributed by atoms with Crippen LogP contribution in [0.15, 0.2) is 24.3 Å². The van der Waals surface area contributed by atoms with E-state index in [1.54, 1.807) is 22.7 Å². The Hall–Kier alpha value is -1.52.